The zero-order valence-electron chi connectivity index (χ0n) is 7.20. The summed E-state index contributed by atoms with van der Waals surface area (Å²) in [6.07, 6.45) is 5.06. The molecule has 67 valence electrons. The zero-order chi connectivity index (χ0) is 9.54. The van der Waals surface area contributed by atoms with E-state index in [-0.39, 0.29) is 0 Å². The Bertz CT molecular complexity index is 459. The summed E-state index contributed by atoms with van der Waals surface area (Å²) in [5, 5.41) is 4.18. The van der Waals surface area contributed by atoms with E-state index < -0.39 is 0 Å². The van der Waals surface area contributed by atoms with E-state index in [0.29, 0.717) is 0 Å². The minimum atomic E-state index is 0.936. The number of rotatable bonds is 0. The Labute approximate surface area is 95.4 Å². The van der Waals surface area contributed by atoms with Crippen molar-refractivity contribution in [3.8, 4) is 0 Å². The average molecular weight is 264 g/mol. The normalized spacial score (nSPS) is 23.4. The Hall–Kier alpha value is -0.545. The summed E-state index contributed by atoms with van der Waals surface area (Å²) in [5.41, 5.74) is 3.56. The van der Waals surface area contributed by atoms with Gasteiger partial charge in [0, 0.05) is 27.8 Å². The number of nitrogens with zero attached hydrogens (tertiary/aromatic N) is 2. The Morgan fingerprint density at radius 2 is 2.43 bits per heavy atom. The Kier molecular flexibility index (Phi) is 2.02. The number of allylic oxidation sites excluding steroid dienone is 5. The van der Waals surface area contributed by atoms with Gasteiger partial charge in [-0.15, -0.1) is 15.6 Å². The van der Waals surface area contributed by atoms with E-state index in [4.69, 9.17) is 0 Å². The van der Waals surface area contributed by atoms with Crippen LogP contribution < -0.4 is 0 Å². The van der Waals surface area contributed by atoms with Crippen molar-refractivity contribution < 1.29 is 0 Å². The molecular formula is C9H5BBrN2S. The standard InChI is InChI=1S/C9H5BBrN2S/c11-5-3-6-7(4-5)12-13-14-8-1-2-10-9(6)8/h1-2,4H,3H2. The van der Waals surface area contributed by atoms with E-state index in [0.717, 1.165) is 12.1 Å². The lowest BCUT2D eigenvalue weighted by Crippen LogP contribution is -1.95. The molecule has 1 radical (unpaired) electrons. The van der Waals surface area contributed by atoms with Crippen LogP contribution in [0.3, 0.4) is 0 Å². The Morgan fingerprint density at radius 3 is 3.36 bits per heavy atom. The summed E-state index contributed by atoms with van der Waals surface area (Å²) in [4.78, 5) is 1.20. The van der Waals surface area contributed by atoms with E-state index in [1.54, 1.807) is 0 Å². The van der Waals surface area contributed by atoms with Gasteiger partial charge in [0.15, 0.2) is 7.28 Å². The molecule has 0 fully saturated rings. The lowest BCUT2D eigenvalue weighted by atomic mass is 9.69. The van der Waals surface area contributed by atoms with Gasteiger partial charge >= 0.3 is 0 Å². The molecule has 0 saturated heterocycles. The van der Waals surface area contributed by atoms with Gasteiger partial charge in [0.1, 0.15) is 0 Å². The molecule has 2 aliphatic heterocycles. The van der Waals surface area contributed by atoms with Gasteiger partial charge < -0.3 is 0 Å². The van der Waals surface area contributed by atoms with Crippen LogP contribution in [0.2, 0.25) is 0 Å². The molecule has 0 aromatic heterocycles. The van der Waals surface area contributed by atoms with Crippen LogP contribution in [0, 0.1) is 0 Å². The van der Waals surface area contributed by atoms with Gasteiger partial charge in [-0.3, -0.25) is 0 Å². The summed E-state index contributed by atoms with van der Waals surface area (Å²) in [7, 11) is 2.13. The Balaban J connectivity index is 2.11. The molecule has 0 unspecified atom stereocenters. The van der Waals surface area contributed by atoms with Crippen molar-refractivity contribution in [2.75, 3.05) is 0 Å². The molecule has 14 heavy (non-hydrogen) atoms. The number of hydrogen-bond donors (Lipinski definition) is 0. The summed E-state index contributed by atoms with van der Waals surface area (Å²) < 4.78 is 5.26. The molecule has 0 bridgehead atoms. The smallest absolute Gasteiger partial charge is 0.143 e. The van der Waals surface area contributed by atoms with Gasteiger partial charge in [0.25, 0.3) is 0 Å². The largest absolute Gasteiger partial charge is 0.183 e. The molecule has 0 saturated carbocycles. The summed E-state index contributed by atoms with van der Waals surface area (Å²) in [6.45, 7) is 0. The minimum absolute atomic E-state index is 0.936. The second-order valence-corrected chi connectivity index (χ2v) is 5.01. The molecule has 3 aliphatic rings. The maximum Gasteiger partial charge on any atom is 0.183 e. The Morgan fingerprint density at radius 1 is 1.50 bits per heavy atom. The predicted molar refractivity (Wildman–Crippen MR) is 63.0 cm³/mol. The molecule has 0 amide bonds. The highest BCUT2D eigenvalue weighted by Gasteiger charge is 2.24. The molecule has 2 nitrogen and oxygen atoms in total. The van der Waals surface area contributed by atoms with Gasteiger partial charge in [-0.25, -0.2) is 0 Å². The van der Waals surface area contributed by atoms with Crippen LogP contribution in [0.4, 0.5) is 0 Å². The highest BCUT2D eigenvalue weighted by atomic mass is 79.9. The van der Waals surface area contributed by atoms with Crippen molar-refractivity contribution in [2.24, 2.45) is 9.63 Å². The highest BCUT2D eigenvalue weighted by Crippen LogP contribution is 2.42. The molecule has 1 aliphatic carbocycles. The first kappa shape index (κ1) is 8.74. The van der Waals surface area contributed by atoms with Gasteiger partial charge in [-0.2, -0.15) is 0 Å². The van der Waals surface area contributed by atoms with E-state index in [1.165, 1.54) is 32.4 Å². The van der Waals surface area contributed by atoms with Crippen molar-refractivity contribution in [1.82, 2.24) is 0 Å². The van der Waals surface area contributed by atoms with Crippen molar-refractivity contribution >= 4 is 35.2 Å². The van der Waals surface area contributed by atoms with Crippen LogP contribution >= 0.6 is 27.9 Å². The fourth-order valence-corrected chi connectivity index (χ4v) is 2.85. The quantitative estimate of drug-likeness (QED) is 0.485. The first-order valence-electron chi connectivity index (χ1n) is 4.28. The van der Waals surface area contributed by atoms with Crippen LogP contribution in [0.15, 0.2) is 53.9 Å². The van der Waals surface area contributed by atoms with Gasteiger partial charge in [-0.1, -0.05) is 27.5 Å². The third kappa shape index (κ3) is 1.27. The lowest BCUT2D eigenvalue weighted by Gasteiger charge is -2.04. The van der Waals surface area contributed by atoms with Crippen molar-refractivity contribution in [1.29, 1.82) is 0 Å². The van der Waals surface area contributed by atoms with E-state index in [2.05, 4.69) is 44.9 Å². The van der Waals surface area contributed by atoms with Gasteiger partial charge in [0.05, 0.1) is 5.70 Å². The molecule has 5 heteroatoms. The second kappa shape index (κ2) is 3.24. The molecule has 2 heterocycles. The summed E-state index contributed by atoms with van der Waals surface area (Å²) in [6, 6.07) is 0. The fraction of sp³-hybridized carbons (Fsp3) is 0.111. The van der Waals surface area contributed by atoms with Crippen molar-refractivity contribution in [3.05, 3.63) is 44.3 Å². The third-order valence-corrected chi connectivity index (χ3v) is 3.56. The lowest BCUT2D eigenvalue weighted by molar-refractivity contribution is 1.20. The predicted octanol–water partition coefficient (Wildman–Crippen LogP) is 3.48. The molecule has 0 spiro atoms. The zero-order valence-corrected chi connectivity index (χ0v) is 9.60. The first-order chi connectivity index (χ1) is 6.84. The van der Waals surface area contributed by atoms with Crippen molar-refractivity contribution in [3.63, 3.8) is 0 Å². The minimum Gasteiger partial charge on any atom is -0.143 e. The maximum absolute atomic E-state index is 4.18. The molecule has 0 N–H and O–H groups in total. The highest BCUT2D eigenvalue weighted by molar-refractivity contribution is 9.11. The van der Waals surface area contributed by atoms with Crippen molar-refractivity contribution in [2.45, 2.75) is 6.42 Å². The topological polar surface area (TPSA) is 24.7 Å². The summed E-state index contributed by atoms with van der Waals surface area (Å²) in [5.74, 6) is 2.06. The van der Waals surface area contributed by atoms with E-state index in [1.807, 2.05) is 6.08 Å². The van der Waals surface area contributed by atoms with Crippen LogP contribution in [-0.4, -0.2) is 7.28 Å². The maximum atomic E-state index is 4.18. The second-order valence-electron chi connectivity index (χ2n) is 3.21. The first-order valence-corrected chi connectivity index (χ1v) is 5.84. The van der Waals surface area contributed by atoms with Gasteiger partial charge in [0.2, 0.25) is 0 Å². The average Bonchev–Trinajstić information content (AvgIpc) is 2.70. The monoisotopic (exact) mass is 263 g/mol. The molecule has 0 atom stereocenters. The van der Waals surface area contributed by atoms with Crippen LogP contribution in [0.5, 0.6) is 0 Å². The van der Waals surface area contributed by atoms with Gasteiger partial charge in [-0.05, 0) is 11.6 Å². The van der Waals surface area contributed by atoms with Crippen LogP contribution in [-0.2, 0) is 0 Å². The number of halogens is 1. The van der Waals surface area contributed by atoms with Crippen LogP contribution in [0.1, 0.15) is 6.42 Å². The summed E-state index contributed by atoms with van der Waals surface area (Å²) >= 11 is 4.95. The van der Waals surface area contributed by atoms with Crippen LogP contribution in [0.25, 0.3) is 0 Å². The van der Waals surface area contributed by atoms with E-state index >= 15 is 0 Å². The fourth-order valence-electron chi connectivity index (χ4n) is 1.71. The molecule has 3 rings (SSSR count). The number of fused-ring (bicyclic) bond motifs is 1. The molecule has 0 aromatic rings. The number of hydrogen-bond acceptors (Lipinski definition) is 3. The SMILES string of the molecule is BrC1=CC2=C(C1)C1=C(C=C[B]1)SN=N2. The third-order valence-electron chi connectivity index (χ3n) is 2.34. The van der Waals surface area contributed by atoms with E-state index in [9.17, 15) is 0 Å². The molecule has 0 aromatic carbocycles. The molecular weight excluding hydrogens is 259 g/mol.